The van der Waals surface area contributed by atoms with Crippen molar-refractivity contribution >= 4 is 5.97 Å². The molecule has 3 atom stereocenters. The van der Waals surface area contributed by atoms with Crippen molar-refractivity contribution in [3.63, 3.8) is 0 Å². The molecule has 0 bridgehead atoms. The third kappa shape index (κ3) is 1.05. The van der Waals surface area contributed by atoms with Crippen molar-refractivity contribution in [1.29, 1.82) is 0 Å². The second kappa shape index (κ2) is 2.50. The average Bonchev–Trinajstić information content (AvgIpc) is 2.34. The molecule has 1 heterocycles. The molecule has 2 rings (SSSR count). The van der Waals surface area contributed by atoms with Crippen molar-refractivity contribution < 1.29 is 9.53 Å². The Labute approximate surface area is 66.9 Å². The molecule has 0 N–H and O–H groups in total. The summed E-state index contributed by atoms with van der Waals surface area (Å²) in [5.41, 5.74) is 0. The predicted octanol–water partition coefficient (Wildman–Crippen LogP) is 1.60. The molecular formula is C9H14O2. The first-order chi connectivity index (χ1) is 5.29. The van der Waals surface area contributed by atoms with Crippen molar-refractivity contribution in [2.24, 2.45) is 17.8 Å². The summed E-state index contributed by atoms with van der Waals surface area (Å²) in [6, 6.07) is 0. The van der Waals surface area contributed by atoms with E-state index >= 15 is 0 Å². The van der Waals surface area contributed by atoms with Crippen LogP contribution in [0.1, 0.15) is 26.2 Å². The van der Waals surface area contributed by atoms with Gasteiger partial charge in [-0.2, -0.15) is 0 Å². The highest BCUT2D eigenvalue weighted by molar-refractivity contribution is 5.74. The lowest BCUT2D eigenvalue weighted by Crippen LogP contribution is -2.31. The zero-order chi connectivity index (χ0) is 7.84. The molecule has 0 spiro atoms. The van der Waals surface area contributed by atoms with Crippen LogP contribution in [0.25, 0.3) is 0 Å². The zero-order valence-electron chi connectivity index (χ0n) is 6.88. The lowest BCUT2D eigenvalue weighted by molar-refractivity contribution is -0.156. The molecule has 0 aromatic heterocycles. The number of cyclic esters (lactones) is 1. The number of carbonyl (C=O) groups is 1. The molecule has 2 aliphatic rings. The monoisotopic (exact) mass is 154 g/mol. The summed E-state index contributed by atoms with van der Waals surface area (Å²) in [5.74, 6) is 1.51. The summed E-state index contributed by atoms with van der Waals surface area (Å²) < 4.78 is 5.02. The molecule has 62 valence electrons. The van der Waals surface area contributed by atoms with Crippen LogP contribution in [0.3, 0.4) is 0 Å². The minimum Gasteiger partial charge on any atom is -0.465 e. The lowest BCUT2D eigenvalue weighted by Gasteiger charge is -2.26. The van der Waals surface area contributed by atoms with Gasteiger partial charge in [0.2, 0.25) is 0 Å². The van der Waals surface area contributed by atoms with Crippen molar-refractivity contribution in [2.75, 3.05) is 6.61 Å². The second-order valence-corrected chi connectivity index (χ2v) is 3.80. The summed E-state index contributed by atoms with van der Waals surface area (Å²) in [4.78, 5) is 11.3. The van der Waals surface area contributed by atoms with Crippen LogP contribution in [0.4, 0.5) is 0 Å². The Morgan fingerprint density at radius 2 is 2.18 bits per heavy atom. The number of esters is 1. The Balaban J connectivity index is 2.14. The van der Waals surface area contributed by atoms with Crippen LogP contribution in [0.5, 0.6) is 0 Å². The number of ether oxygens (including phenoxy) is 1. The number of carbonyl (C=O) groups excluding carboxylic acids is 1. The Morgan fingerprint density at radius 3 is 2.91 bits per heavy atom. The van der Waals surface area contributed by atoms with E-state index in [0.717, 1.165) is 6.42 Å². The van der Waals surface area contributed by atoms with E-state index in [-0.39, 0.29) is 11.9 Å². The van der Waals surface area contributed by atoms with Crippen LogP contribution < -0.4 is 0 Å². The van der Waals surface area contributed by atoms with E-state index in [9.17, 15) is 4.79 Å². The topological polar surface area (TPSA) is 26.3 Å². The maximum absolute atomic E-state index is 11.3. The van der Waals surface area contributed by atoms with Crippen LogP contribution in [-0.2, 0) is 9.53 Å². The molecular weight excluding hydrogens is 140 g/mol. The minimum absolute atomic E-state index is 0.0613. The molecule has 11 heavy (non-hydrogen) atoms. The average molecular weight is 154 g/mol. The van der Waals surface area contributed by atoms with Crippen molar-refractivity contribution in [3.05, 3.63) is 0 Å². The van der Waals surface area contributed by atoms with E-state index in [1.807, 2.05) is 0 Å². The molecule has 1 saturated heterocycles. The van der Waals surface area contributed by atoms with Crippen LogP contribution in [0.15, 0.2) is 0 Å². The summed E-state index contributed by atoms with van der Waals surface area (Å²) in [5, 5.41) is 0. The molecule has 0 aromatic carbocycles. The normalized spacial score (nSPS) is 43.4. The van der Waals surface area contributed by atoms with Crippen LogP contribution in [-0.4, -0.2) is 12.6 Å². The van der Waals surface area contributed by atoms with Crippen molar-refractivity contribution in [2.45, 2.75) is 26.2 Å². The Bertz CT molecular complexity index is 174. The number of rotatable bonds is 0. The number of hydrogen-bond donors (Lipinski definition) is 0. The second-order valence-electron chi connectivity index (χ2n) is 3.80. The van der Waals surface area contributed by atoms with Crippen molar-refractivity contribution in [3.8, 4) is 0 Å². The van der Waals surface area contributed by atoms with Gasteiger partial charge < -0.3 is 4.74 Å². The highest BCUT2D eigenvalue weighted by atomic mass is 16.5. The fourth-order valence-electron chi connectivity index (χ4n) is 2.46. The number of hydrogen-bond acceptors (Lipinski definition) is 2. The van der Waals surface area contributed by atoms with E-state index in [1.165, 1.54) is 12.8 Å². The first-order valence-electron chi connectivity index (χ1n) is 4.45. The molecule has 0 aromatic rings. The standard InChI is InChI=1S/C9H14O2/c1-6-2-3-7-4-5-11-9(10)8(6)7/h6-8H,2-5H2,1H3/t6-,7-,8+/m1/s1. The van der Waals surface area contributed by atoms with E-state index in [0.29, 0.717) is 18.4 Å². The molecule has 0 unspecified atom stereocenters. The van der Waals surface area contributed by atoms with Gasteiger partial charge in [-0.05, 0) is 31.1 Å². The van der Waals surface area contributed by atoms with Gasteiger partial charge in [0.15, 0.2) is 0 Å². The Morgan fingerprint density at radius 1 is 1.36 bits per heavy atom. The molecule has 0 radical (unpaired) electrons. The van der Waals surface area contributed by atoms with E-state index in [1.54, 1.807) is 0 Å². The fraction of sp³-hybridized carbons (Fsp3) is 0.889. The van der Waals surface area contributed by atoms with Crippen LogP contribution in [0.2, 0.25) is 0 Å². The van der Waals surface area contributed by atoms with Crippen LogP contribution in [0, 0.1) is 17.8 Å². The third-order valence-electron chi connectivity index (χ3n) is 3.12. The smallest absolute Gasteiger partial charge is 0.309 e. The molecule has 1 saturated carbocycles. The molecule has 2 nitrogen and oxygen atoms in total. The minimum atomic E-state index is 0.0613. The van der Waals surface area contributed by atoms with E-state index < -0.39 is 0 Å². The van der Waals surface area contributed by atoms with E-state index in [4.69, 9.17) is 4.74 Å². The van der Waals surface area contributed by atoms with Gasteiger partial charge in [-0.1, -0.05) is 6.92 Å². The summed E-state index contributed by atoms with van der Waals surface area (Å²) in [7, 11) is 0. The van der Waals surface area contributed by atoms with Crippen molar-refractivity contribution in [1.82, 2.24) is 0 Å². The van der Waals surface area contributed by atoms with Gasteiger partial charge in [0.05, 0.1) is 12.5 Å². The fourth-order valence-corrected chi connectivity index (χ4v) is 2.46. The highest BCUT2D eigenvalue weighted by Gasteiger charge is 2.41. The van der Waals surface area contributed by atoms with Gasteiger partial charge in [0, 0.05) is 0 Å². The van der Waals surface area contributed by atoms with Gasteiger partial charge in [-0.3, -0.25) is 4.79 Å². The summed E-state index contributed by atoms with van der Waals surface area (Å²) in [6.07, 6.45) is 3.55. The predicted molar refractivity (Wildman–Crippen MR) is 41.0 cm³/mol. The van der Waals surface area contributed by atoms with Gasteiger partial charge >= 0.3 is 5.97 Å². The quantitative estimate of drug-likeness (QED) is 0.495. The molecule has 2 heteroatoms. The van der Waals surface area contributed by atoms with Gasteiger partial charge in [-0.25, -0.2) is 0 Å². The summed E-state index contributed by atoms with van der Waals surface area (Å²) >= 11 is 0. The SMILES string of the molecule is C[C@@H]1CC[C@@H]2CCOC(=O)[C@H]21. The van der Waals surface area contributed by atoms with Crippen LogP contribution >= 0.6 is 0 Å². The van der Waals surface area contributed by atoms with Gasteiger partial charge in [0.1, 0.15) is 0 Å². The molecule has 1 aliphatic carbocycles. The number of fused-ring (bicyclic) bond motifs is 1. The maximum atomic E-state index is 11.3. The van der Waals surface area contributed by atoms with Gasteiger partial charge in [-0.15, -0.1) is 0 Å². The molecule has 2 fully saturated rings. The summed E-state index contributed by atoms with van der Waals surface area (Å²) in [6.45, 7) is 2.82. The molecule has 1 aliphatic heterocycles. The maximum Gasteiger partial charge on any atom is 0.309 e. The Kier molecular flexibility index (Phi) is 1.63. The molecule has 0 amide bonds. The highest BCUT2D eigenvalue weighted by Crippen LogP contribution is 2.41. The zero-order valence-corrected chi connectivity index (χ0v) is 6.88. The Hall–Kier alpha value is -0.530. The third-order valence-corrected chi connectivity index (χ3v) is 3.12. The lowest BCUT2D eigenvalue weighted by atomic mass is 9.87. The van der Waals surface area contributed by atoms with E-state index in [2.05, 4.69) is 6.92 Å². The first kappa shape index (κ1) is 7.14. The van der Waals surface area contributed by atoms with Gasteiger partial charge in [0.25, 0.3) is 0 Å². The largest absolute Gasteiger partial charge is 0.465 e. The first-order valence-corrected chi connectivity index (χ1v) is 4.45.